The van der Waals surface area contributed by atoms with E-state index in [0.717, 1.165) is 23.4 Å². The molecule has 2 aliphatic rings. The van der Waals surface area contributed by atoms with Gasteiger partial charge in [-0.05, 0) is 47.6 Å². The van der Waals surface area contributed by atoms with Crippen LogP contribution in [0.4, 0.5) is 10.1 Å². The van der Waals surface area contributed by atoms with E-state index in [1.54, 1.807) is 11.0 Å². The first-order chi connectivity index (χ1) is 13.8. The van der Waals surface area contributed by atoms with Gasteiger partial charge in [0, 0.05) is 30.0 Å². The molecule has 0 fully saturated rings. The maximum atomic E-state index is 13.9. The normalized spacial score (nSPS) is 21.4. The number of carbonyl (C=O) groups excluding carboxylic acids is 2. The number of ketones is 1. The lowest BCUT2D eigenvalue weighted by atomic mass is 9.69. The highest BCUT2D eigenvalue weighted by Gasteiger charge is 2.44. The summed E-state index contributed by atoms with van der Waals surface area (Å²) in [4.78, 5) is 28.4. The molecule has 1 unspecified atom stereocenters. The van der Waals surface area contributed by atoms with E-state index in [4.69, 9.17) is 0 Å². The minimum Gasteiger partial charge on any atom is -0.294 e. The van der Waals surface area contributed by atoms with Gasteiger partial charge in [-0.1, -0.05) is 51.1 Å². The smallest absolute Gasteiger partial charge is 0.232 e. The van der Waals surface area contributed by atoms with Gasteiger partial charge in [-0.15, -0.1) is 0 Å². The molecule has 150 valence electrons. The quantitative estimate of drug-likeness (QED) is 0.688. The van der Waals surface area contributed by atoms with Crippen LogP contribution in [0.2, 0.25) is 0 Å². The molecule has 0 aromatic heterocycles. The summed E-state index contributed by atoms with van der Waals surface area (Å²) < 4.78 is 13.9. The van der Waals surface area contributed by atoms with Crippen LogP contribution in [-0.2, 0) is 16.0 Å². The van der Waals surface area contributed by atoms with E-state index in [2.05, 4.69) is 20.8 Å². The van der Waals surface area contributed by atoms with Crippen LogP contribution in [0.3, 0.4) is 0 Å². The van der Waals surface area contributed by atoms with Gasteiger partial charge in [0.1, 0.15) is 5.82 Å². The Balaban J connectivity index is 1.93. The highest BCUT2D eigenvalue weighted by atomic mass is 19.1. The van der Waals surface area contributed by atoms with Crippen LogP contribution in [0, 0.1) is 11.2 Å². The fourth-order valence-electron chi connectivity index (χ4n) is 4.73. The first kappa shape index (κ1) is 19.6. The van der Waals surface area contributed by atoms with Crippen LogP contribution in [0.5, 0.6) is 0 Å². The number of benzene rings is 2. The standard InChI is InChI=1S/C25H26FNO2/c1-4-16-8-5-6-11-20(16)27-21-14-25(2,3)15-22(28)24(21)19(13-23(27)29)17-9-7-10-18(26)12-17/h5-12,19H,4,13-15H2,1-3H3. The SMILES string of the molecule is CCc1ccccc1N1C(=O)CC(c2cccc(F)c2)C2=C1CC(C)(C)CC2=O. The van der Waals surface area contributed by atoms with Crippen molar-refractivity contribution < 1.29 is 14.0 Å². The largest absolute Gasteiger partial charge is 0.294 e. The zero-order valence-corrected chi connectivity index (χ0v) is 17.2. The highest BCUT2D eigenvalue weighted by molar-refractivity contribution is 6.08. The number of nitrogens with zero attached hydrogens (tertiary/aromatic N) is 1. The molecule has 3 nitrogen and oxygen atoms in total. The number of aryl methyl sites for hydroxylation is 1. The zero-order valence-electron chi connectivity index (χ0n) is 17.2. The van der Waals surface area contributed by atoms with Crippen LogP contribution in [0.15, 0.2) is 59.8 Å². The molecule has 1 heterocycles. The van der Waals surface area contributed by atoms with E-state index < -0.39 is 0 Å². The van der Waals surface area contributed by atoms with Gasteiger partial charge in [-0.2, -0.15) is 0 Å². The molecule has 0 radical (unpaired) electrons. The van der Waals surface area contributed by atoms with Crippen LogP contribution in [0.25, 0.3) is 0 Å². The minimum absolute atomic E-state index is 0.0376. The molecular weight excluding hydrogens is 365 g/mol. The lowest BCUT2D eigenvalue weighted by molar-refractivity contribution is -0.121. The molecule has 0 bridgehead atoms. The molecular formula is C25H26FNO2. The number of para-hydroxylation sites is 1. The Morgan fingerprint density at radius 2 is 1.83 bits per heavy atom. The number of carbonyl (C=O) groups is 2. The second kappa shape index (κ2) is 7.25. The van der Waals surface area contributed by atoms with Gasteiger partial charge in [0.05, 0.1) is 5.69 Å². The lowest BCUT2D eigenvalue weighted by Gasteiger charge is -2.43. The van der Waals surface area contributed by atoms with Crippen LogP contribution < -0.4 is 4.90 Å². The van der Waals surface area contributed by atoms with Gasteiger partial charge < -0.3 is 0 Å². The van der Waals surface area contributed by atoms with Crippen LogP contribution in [-0.4, -0.2) is 11.7 Å². The number of hydrogen-bond acceptors (Lipinski definition) is 2. The summed E-state index contributed by atoms with van der Waals surface area (Å²) in [6.45, 7) is 6.19. The Morgan fingerprint density at radius 1 is 1.07 bits per heavy atom. The van der Waals surface area contributed by atoms with Gasteiger partial charge in [-0.25, -0.2) is 4.39 Å². The molecule has 2 aromatic rings. The summed E-state index contributed by atoms with van der Waals surface area (Å²) in [5, 5.41) is 0. The third kappa shape index (κ3) is 3.52. The average molecular weight is 391 g/mol. The Bertz CT molecular complexity index is 1020. The molecule has 1 aliphatic carbocycles. The molecule has 29 heavy (non-hydrogen) atoms. The number of anilines is 1. The van der Waals surface area contributed by atoms with Gasteiger partial charge in [-0.3, -0.25) is 14.5 Å². The summed E-state index contributed by atoms with van der Waals surface area (Å²) in [5.74, 6) is -0.706. The summed E-state index contributed by atoms with van der Waals surface area (Å²) in [5.41, 5.74) is 3.88. The zero-order chi connectivity index (χ0) is 20.8. The number of amides is 1. The fourth-order valence-corrected chi connectivity index (χ4v) is 4.73. The van der Waals surface area contributed by atoms with E-state index in [-0.39, 0.29) is 35.3 Å². The average Bonchev–Trinajstić information content (AvgIpc) is 2.66. The first-order valence-corrected chi connectivity index (χ1v) is 10.2. The maximum Gasteiger partial charge on any atom is 0.232 e. The van der Waals surface area contributed by atoms with Crippen LogP contribution in [0.1, 0.15) is 57.1 Å². The summed E-state index contributed by atoms with van der Waals surface area (Å²) >= 11 is 0. The Kier molecular flexibility index (Phi) is 4.89. The summed E-state index contributed by atoms with van der Waals surface area (Å²) in [7, 11) is 0. The Morgan fingerprint density at radius 3 is 2.55 bits per heavy atom. The van der Waals surface area contributed by atoms with Crippen molar-refractivity contribution in [3.8, 4) is 0 Å². The summed E-state index contributed by atoms with van der Waals surface area (Å²) in [6.07, 6.45) is 2.05. The van der Waals surface area contributed by atoms with Gasteiger partial charge in [0.2, 0.25) is 5.91 Å². The first-order valence-electron chi connectivity index (χ1n) is 10.2. The third-order valence-electron chi connectivity index (χ3n) is 6.01. The molecule has 0 spiro atoms. The van der Waals surface area contributed by atoms with E-state index in [9.17, 15) is 14.0 Å². The van der Waals surface area contributed by atoms with Crippen molar-refractivity contribution in [2.75, 3.05) is 4.90 Å². The van der Waals surface area contributed by atoms with Gasteiger partial charge >= 0.3 is 0 Å². The van der Waals surface area contributed by atoms with Crippen molar-refractivity contribution in [2.24, 2.45) is 5.41 Å². The predicted molar refractivity (Wildman–Crippen MR) is 112 cm³/mol. The minimum atomic E-state index is -0.387. The molecule has 0 saturated heterocycles. The Labute approximate surface area is 171 Å². The predicted octanol–water partition coefficient (Wildman–Crippen LogP) is 5.55. The number of hydrogen-bond donors (Lipinski definition) is 0. The van der Waals surface area contributed by atoms with E-state index >= 15 is 0 Å². The molecule has 1 amide bonds. The molecule has 1 atom stereocenters. The number of allylic oxidation sites excluding steroid dienone is 2. The van der Waals surface area contributed by atoms with E-state index in [1.165, 1.54) is 12.1 Å². The van der Waals surface area contributed by atoms with E-state index in [0.29, 0.717) is 24.0 Å². The molecule has 1 aliphatic heterocycles. The van der Waals surface area contributed by atoms with Crippen LogP contribution >= 0.6 is 0 Å². The molecule has 0 N–H and O–H groups in total. The van der Waals surface area contributed by atoms with Crippen molar-refractivity contribution >= 4 is 17.4 Å². The van der Waals surface area contributed by atoms with Crippen molar-refractivity contribution in [2.45, 2.75) is 52.4 Å². The van der Waals surface area contributed by atoms with Crippen molar-refractivity contribution in [1.29, 1.82) is 0 Å². The molecule has 2 aromatic carbocycles. The van der Waals surface area contributed by atoms with Crippen molar-refractivity contribution in [1.82, 2.24) is 0 Å². The third-order valence-corrected chi connectivity index (χ3v) is 6.01. The topological polar surface area (TPSA) is 37.4 Å². The van der Waals surface area contributed by atoms with Crippen molar-refractivity contribution in [3.63, 3.8) is 0 Å². The maximum absolute atomic E-state index is 13.9. The van der Waals surface area contributed by atoms with Crippen molar-refractivity contribution in [3.05, 3.63) is 76.7 Å². The number of Topliss-reactive ketones (excluding diaryl/α,β-unsaturated/α-hetero) is 1. The molecule has 0 saturated carbocycles. The van der Waals surface area contributed by atoms with Gasteiger partial charge in [0.25, 0.3) is 0 Å². The second-order valence-electron chi connectivity index (χ2n) is 8.82. The van der Waals surface area contributed by atoms with Gasteiger partial charge in [0.15, 0.2) is 5.78 Å². The lowest BCUT2D eigenvalue weighted by Crippen LogP contribution is -2.44. The summed E-state index contributed by atoms with van der Waals surface area (Å²) in [6, 6.07) is 14.2. The molecule has 4 heteroatoms. The monoisotopic (exact) mass is 391 g/mol. The van der Waals surface area contributed by atoms with E-state index in [1.807, 2.05) is 30.3 Å². The molecule has 4 rings (SSSR count). The Hall–Kier alpha value is -2.75. The highest BCUT2D eigenvalue weighted by Crippen LogP contribution is 2.48. The number of rotatable bonds is 3. The fraction of sp³-hybridized carbons (Fsp3) is 0.360. The second-order valence-corrected chi connectivity index (χ2v) is 8.82. The number of halogens is 1.